The summed E-state index contributed by atoms with van der Waals surface area (Å²) in [6, 6.07) is 6.27. The molecule has 2 N–H and O–H groups in total. The van der Waals surface area contributed by atoms with Gasteiger partial charge in [-0.05, 0) is 67.4 Å². The molecule has 0 amide bonds. The van der Waals surface area contributed by atoms with Crippen LogP contribution in [0.4, 0.5) is 5.69 Å². The number of anilines is 1. The molecule has 28 heavy (non-hydrogen) atoms. The van der Waals surface area contributed by atoms with Gasteiger partial charge in [0.05, 0.1) is 5.39 Å². The van der Waals surface area contributed by atoms with Crippen molar-refractivity contribution in [2.75, 3.05) is 10.7 Å². The minimum atomic E-state index is -0.0759. The molecule has 0 unspecified atom stereocenters. The van der Waals surface area contributed by atoms with Crippen molar-refractivity contribution in [3.05, 3.63) is 56.4 Å². The highest BCUT2D eigenvalue weighted by Crippen LogP contribution is 2.33. The predicted molar refractivity (Wildman–Crippen MR) is 121 cm³/mol. The van der Waals surface area contributed by atoms with Gasteiger partial charge in [-0.25, -0.2) is 9.66 Å². The molecule has 1 aromatic carbocycles. The standard InChI is InChI=1S/C21H24N4OS2/c1-3-13-8-7-9-14(4-2)18(13)23-21(27)24-25-12-22-19-17(20(25)26)15-10-5-6-11-16(15)28-19/h7-9,12H,3-6,10-11H2,1-2H3,(H2,23,24,27). The molecule has 7 heteroatoms. The third-order valence-electron chi connectivity index (χ3n) is 5.34. The summed E-state index contributed by atoms with van der Waals surface area (Å²) in [5.41, 5.74) is 7.56. The second-order valence-corrected chi connectivity index (χ2v) is 8.53. The van der Waals surface area contributed by atoms with Crippen molar-refractivity contribution in [1.82, 2.24) is 9.66 Å². The molecule has 0 saturated carbocycles. The van der Waals surface area contributed by atoms with E-state index in [9.17, 15) is 4.79 Å². The molecule has 0 aliphatic heterocycles. The summed E-state index contributed by atoms with van der Waals surface area (Å²) >= 11 is 7.16. The lowest BCUT2D eigenvalue weighted by atomic mass is 9.97. The fraction of sp³-hybridized carbons (Fsp3) is 0.381. The van der Waals surface area contributed by atoms with Crippen LogP contribution in [0.2, 0.25) is 0 Å². The molecule has 2 heterocycles. The number of aryl methyl sites for hydroxylation is 4. The number of para-hydroxylation sites is 1. The number of thiocarbonyl (C=S) groups is 1. The first-order chi connectivity index (χ1) is 13.6. The van der Waals surface area contributed by atoms with Gasteiger partial charge in [-0.2, -0.15) is 0 Å². The summed E-state index contributed by atoms with van der Waals surface area (Å²) in [5, 5.41) is 4.44. The molecule has 0 radical (unpaired) electrons. The van der Waals surface area contributed by atoms with Gasteiger partial charge in [0.1, 0.15) is 11.2 Å². The Kier molecular flexibility index (Phi) is 5.46. The quantitative estimate of drug-likeness (QED) is 0.622. The number of thiophene rings is 1. The maximum atomic E-state index is 13.1. The molecular formula is C21H24N4OS2. The molecule has 0 fully saturated rings. The summed E-state index contributed by atoms with van der Waals surface area (Å²) < 4.78 is 1.40. The average molecular weight is 413 g/mol. The predicted octanol–water partition coefficient (Wildman–Crippen LogP) is 4.40. The van der Waals surface area contributed by atoms with Gasteiger partial charge in [-0.3, -0.25) is 10.2 Å². The third-order valence-corrected chi connectivity index (χ3v) is 6.73. The maximum absolute atomic E-state index is 13.1. The molecule has 4 rings (SSSR count). The fourth-order valence-corrected chi connectivity index (χ4v) is 5.30. The van der Waals surface area contributed by atoms with Crippen LogP contribution in [0.15, 0.2) is 29.3 Å². The normalized spacial score (nSPS) is 13.4. The summed E-state index contributed by atoms with van der Waals surface area (Å²) in [7, 11) is 0. The van der Waals surface area contributed by atoms with Crippen LogP contribution >= 0.6 is 23.6 Å². The molecule has 2 aromatic heterocycles. The largest absolute Gasteiger partial charge is 0.331 e. The van der Waals surface area contributed by atoms with E-state index in [0.29, 0.717) is 5.11 Å². The Labute approximate surface area is 173 Å². The Morgan fingerprint density at radius 3 is 2.64 bits per heavy atom. The zero-order valence-corrected chi connectivity index (χ0v) is 17.8. The van der Waals surface area contributed by atoms with Crippen LogP contribution in [-0.2, 0) is 25.7 Å². The lowest BCUT2D eigenvalue weighted by molar-refractivity contribution is 0.699. The highest BCUT2D eigenvalue weighted by Gasteiger charge is 2.20. The first kappa shape index (κ1) is 19.1. The van der Waals surface area contributed by atoms with Crippen molar-refractivity contribution in [1.29, 1.82) is 0 Å². The summed E-state index contributed by atoms with van der Waals surface area (Å²) in [5.74, 6) is 0. The number of benzene rings is 1. The van der Waals surface area contributed by atoms with Crippen LogP contribution in [0.25, 0.3) is 10.2 Å². The molecule has 146 valence electrons. The van der Waals surface area contributed by atoms with Crippen molar-refractivity contribution in [2.45, 2.75) is 52.4 Å². The minimum Gasteiger partial charge on any atom is -0.331 e. The van der Waals surface area contributed by atoms with Gasteiger partial charge in [-0.15, -0.1) is 11.3 Å². The molecule has 1 aliphatic rings. The van der Waals surface area contributed by atoms with Gasteiger partial charge >= 0.3 is 0 Å². The van der Waals surface area contributed by atoms with E-state index in [4.69, 9.17) is 12.2 Å². The summed E-state index contributed by atoms with van der Waals surface area (Å²) in [4.78, 5) is 19.7. The molecule has 0 atom stereocenters. The number of rotatable bonds is 4. The molecule has 5 nitrogen and oxygen atoms in total. The van der Waals surface area contributed by atoms with E-state index in [1.54, 1.807) is 11.3 Å². The topological polar surface area (TPSA) is 58.9 Å². The van der Waals surface area contributed by atoms with Crippen LogP contribution in [0, 0.1) is 0 Å². The lowest BCUT2D eigenvalue weighted by Gasteiger charge is -2.17. The van der Waals surface area contributed by atoms with E-state index in [-0.39, 0.29) is 5.56 Å². The number of hydrogen-bond acceptors (Lipinski definition) is 4. The second-order valence-electron chi connectivity index (χ2n) is 7.04. The Balaban J connectivity index is 1.63. The highest BCUT2D eigenvalue weighted by molar-refractivity contribution is 7.80. The van der Waals surface area contributed by atoms with Gasteiger partial charge < -0.3 is 5.32 Å². The zero-order valence-electron chi connectivity index (χ0n) is 16.2. The minimum absolute atomic E-state index is 0.0759. The van der Waals surface area contributed by atoms with Crippen LogP contribution < -0.4 is 16.3 Å². The molecule has 0 saturated heterocycles. The third kappa shape index (κ3) is 3.44. The molecular weight excluding hydrogens is 388 g/mol. The lowest BCUT2D eigenvalue weighted by Crippen LogP contribution is -2.36. The number of aromatic nitrogens is 2. The van der Waals surface area contributed by atoms with Crippen LogP contribution in [0.3, 0.4) is 0 Å². The molecule has 0 bridgehead atoms. The van der Waals surface area contributed by atoms with E-state index in [1.807, 2.05) is 0 Å². The van der Waals surface area contributed by atoms with Gasteiger partial charge in [0.25, 0.3) is 5.56 Å². The van der Waals surface area contributed by atoms with Gasteiger partial charge in [-0.1, -0.05) is 32.0 Å². The van der Waals surface area contributed by atoms with E-state index >= 15 is 0 Å². The van der Waals surface area contributed by atoms with Crippen molar-refractivity contribution in [3.8, 4) is 0 Å². The van der Waals surface area contributed by atoms with Gasteiger partial charge in [0.15, 0.2) is 5.11 Å². The smallest absolute Gasteiger partial charge is 0.281 e. The first-order valence-corrected chi connectivity index (χ1v) is 11.1. The van der Waals surface area contributed by atoms with E-state index < -0.39 is 0 Å². The Morgan fingerprint density at radius 1 is 1.21 bits per heavy atom. The van der Waals surface area contributed by atoms with Gasteiger partial charge in [0, 0.05) is 10.6 Å². The molecule has 0 spiro atoms. The van der Waals surface area contributed by atoms with Crippen LogP contribution in [0.5, 0.6) is 0 Å². The number of fused-ring (bicyclic) bond motifs is 3. The summed E-state index contributed by atoms with van der Waals surface area (Å²) in [6.45, 7) is 4.25. The SMILES string of the molecule is CCc1cccc(CC)c1NC(=S)Nn1cnc2sc3c(c2c1=O)CCCC3. The fourth-order valence-electron chi connectivity index (χ4n) is 3.88. The van der Waals surface area contributed by atoms with Gasteiger partial charge in [0.2, 0.25) is 0 Å². The van der Waals surface area contributed by atoms with Crippen LogP contribution in [0.1, 0.15) is 48.3 Å². The average Bonchev–Trinajstić information content (AvgIpc) is 3.09. The van der Waals surface area contributed by atoms with Crippen molar-refractivity contribution >= 4 is 44.6 Å². The Morgan fingerprint density at radius 2 is 1.93 bits per heavy atom. The monoisotopic (exact) mass is 412 g/mol. The highest BCUT2D eigenvalue weighted by atomic mass is 32.1. The Bertz CT molecular complexity index is 1080. The van der Waals surface area contributed by atoms with E-state index in [2.05, 4.69) is 47.8 Å². The van der Waals surface area contributed by atoms with E-state index in [1.165, 1.54) is 39.0 Å². The number of nitrogens with one attached hydrogen (secondary N) is 2. The van der Waals surface area contributed by atoms with Crippen LogP contribution in [-0.4, -0.2) is 14.8 Å². The van der Waals surface area contributed by atoms with Crippen molar-refractivity contribution in [3.63, 3.8) is 0 Å². The zero-order chi connectivity index (χ0) is 19.7. The second kappa shape index (κ2) is 8.01. The first-order valence-electron chi connectivity index (χ1n) is 9.83. The number of nitrogens with zero attached hydrogens (tertiary/aromatic N) is 2. The summed E-state index contributed by atoms with van der Waals surface area (Å²) in [6.07, 6.45) is 7.69. The molecule has 3 aromatic rings. The van der Waals surface area contributed by atoms with E-state index in [0.717, 1.165) is 48.0 Å². The Hall–Kier alpha value is -2.25. The number of hydrogen-bond donors (Lipinski definition) is 2. The maximum Gasteiger partial charge on any atom is 0.281 e. The van der Waals surface area contributed by atoms with Crippen molar-refractivity contribution < 1.29 is 0 Å². The molecule has 1 aliphatic carbocycles. The van der Waals surface area contributed by atoms with Crippen molar-refractivity contribution in [2.24, 2.45) is 0 Å².